The highest BCUT2D eigenvalue weighted by molar-refractivity contribution is 5.77. The minimum Gasteiger partial charge on any atom is -0.479 e. The highest BCUT2D eigenvalue weighted by atomic mass is 16.5. The van der Waals surface area contributed by atoms with Crippen LogP contribution in [0, 0.1) is 0 Å². The van der Waals surface area contributed by atoms with E-state index in [2.05, 4.69) is 0 Å². The maximum absolute atomic E-state index is 12.4. The molecule has 0 radical (unpaired) electrons. The van der Waals surface area contributed by atoms with Crippen molar-refractivity contribution in [2.24, 2.45) is 0 Å². The summed E-state index contributed by atoms with van der Waals surface area (Å²) in [6.45, 7) is 5.73. The van der Waals surface area contributed by atoms with E-state index in [9.17, 15) is 9.59 Å². The predicted molar refractivity (Wildman–Crippen MR) is 65.9 cm³/mol. The van der Waals surface area contributed by atoms with E-state index >= 15 is 0 Å². The van der Waals surface area contributed by atoms with Crippen LogP contribution in [0.1, 0.15) is 13.8 Å². The highest BCUT2D eigenvalue weighted by Crippen LogP contribution is 2.15. The van der Waals surface area contributed by atoms with Crippen molar-refractivity contribution in [1.29, 1.82) is 0 Å². The number of morpholine rings is 2. The third-order valence-corrected chi connectivity index (χ3v) is 3.30. The maximum atomic E-state index is 12.4. The van der Waals surface area contributed by atoms with Gasteiger partial charge in [-0.25, -0.2) is 9.59 Å². The summed E-state index contributed by atoms with van der Waals surface area (Å²) >= 11 is 0. The molecule has 2 amide bonds. The molecule has 0 aromatic rings. The van der Waals surface area contributed by atoms with Gasteiger partial charge in [0.2, 0.25) is 0 Å². The molecule has 0 spiro atoms. The van der Waals surface area contributed by atoms with Crippen molar-refractivity contribution < 1.29 is 24.2 Å². The van der Waals surface area contributed by atoms with Crippen molar-refractivity contribution in [2.75, 3.05) is 32.8 Å². The van der Waals surface area contributed by atoms with Gasteiger partial charge in [-0.2, -0.15) is 0 Å². The molecule has 0 aromatic heterocycles. The molecule has 3 unspecified atom stereocenters. The van der Waals surface area contributed by atoms with Crippen molar-refractivity contribution in [2.45, 2.75) is 32.2 Å². The SMILES string of the molecule is CC1CN(C(=O)N2CCOC(C(=O)O)C2)CC(C)O1. The van der Waals surface area contributed by atoms with E-state index < -0.39 is 12.1 Å². The molecule has 2 fully saturated rings. The van der Waals surface area contributed by atoms with Crippen LogP contribution in [-0.2, 0) is 14.3 Å². The molecule has 3 atom stereocenters. The average Bonchev–Trinajstić information content (AvgIpc) is 2.37. The minimum absolute atomic E-state index is 0.00371. The molecule has 0 aliphatic carbocycles. The Balaban J connectivity index is 1.96. The van der Waals surface area contributed by atoms with Gasteiger partial charge in [-0.05, 0) is 13.8 Å². The van der Waals surface area contributed by atoms with E-state index in [1.165, 1.54) is 0 Å². The molecular weight excluding hydrogens is 252 g/mol. The normalized spacial score (nSPS) is 32.2. The second-order valence-electron chi connectivity index (χ2n) is 5.09. The van der Waals surface area contributed by atoms with Crippen molar-refractivity contribution in [3.8, 4) is 0 Å². The lowest BCUT2D eigenvalue weighted by molar-refractivity contribution is -0.155. The number of carbonyl (C=O) groups excluding carboxylic acids is 1. The fourth-order valence-corrected chi connectivity index (χ4v) is 2.51. The van der Waals surface area contributed by atoms with Crippen molar-refractivity contribution in [1.82, 2.24) is 9.80 Å². The van der Waals surface area contributed by atoms with E-state index in [0.29, 0.717) is 19.6 Å². The van der Waals surface area contributed by atoms with Crippen LogP contribution in [0.2, 0.25) is 0 Å². The molecule has 2 saturated heterocycles. The quantitative estimate of drug-likeness (QED) is 0.727. The number of carboxylic acid groups (broad SMARTS) is 1. The molecule has 2 aliphatic rings. The van der Waals surface area contributed by atoms with Crippen LogP contribution in [-0.4, -0.2) is 78.0 Å². The van der Waals surface area contributed by atoms with Gasteiger partial charge in [0.05, 0.1) is 25.4 Å². The molecule has 19 heavy (non-hydrogen) atoms. The summed E-state index contributed by atoms with van der Waals surface area (Å²) in [5.41, 5.74) is 0. The lowest BCUT2D eigenvalue weighted by atomic mass is 10.2. The fraction of sp³-hybridized carbons (Fsp3) is 0.833. The van der Waals surface area contributed by atoms with Crippen molar-refractivity contribution in [3.63, 3.8) is 0 Å². The topological polar surface area (TPSA) is 79.3 Å². The van der Waals surface area contributed by atoms with Crippen LogP contribution in [0.3, 0.4) is 0 Å². The van der Waals surface area contributed by atoms with Gasteiger partial charge in [0.25, 0.3) is 0 Å². The smallest absolute Gasteiger partial charge is 0.334 e. The summed E-state index contributed by atoms with van der Waals surface area (Å²) in [6, 6.07) is -0.128. The summed E-state index contributed by atoms with van der Waals surface area (Å²) in [5.74, 6) is -1.03. The molecule has 2 aliphatic heterocycles. The predicted octanol–water partition coefficient (Wildman–Crippen LogP) is 0.00100. The summed E-state index contributed by atoms with van der Waals surface area (Å²) in [4.78, 5) is 26.5. The van der Waals surface area contributed by atoms with E-state index in [-0.39, 0.29) is 31.4 Å². The number of hydrogen-bond donors (Lipinski definition) is 1. The zero-order valence-corrected chi connectivity index (χ0v) is 11.2. The van der Waals surface area contributed by atoms with E-state index in [1.54, 1.807) is 9.80 Å². The lowest BCUT2D eigenvalue weighted by Crippen LogP contribution is -2.57. The second-order valence-corrected chi connectivity index (χ2v) is 5.09. The Kier molecular flexibility index (Phi) is 4.26. The zero-order valence-electron chi connectivity index (χ0n) is 11.2. The molecule has 0 bridgehead atoms. The monoisotopic (exact) mass is 272 g/mol. The standard InChI is InChI=1S/C12H20N2O5/c1-8-5-14(6-9(2)19-8)12(17)13-3-4-18-10(7-13)11(15)16/h8-10H,3-7H2,1-2H3,(H,15,16). The molecule has 0 saturated carbocycles. The summed E-state index contributed by atoms with van der Waals surface area (Å²) < 4.78 is 10.7. The van der Waals surface area contributed by atoms with Crippen molar-refractivity contribution >= 4 is 12.0 Å². The van der Waals surface area contributed by atoms with Gasteiger partial charge in [0.15, 0.2) is 6.10 Å². The largest absolute Gasteiger partial charge is 0.479 e. The number of carboxylic acids is 1. The van der Waals surface area contributed by atoms with Crippen LogP contribution in [0.4, 0.5) is 4.79 Å². The molecule has 7 nitrogen and oxygen atoms in total. The minimum atomic E-state index is -1.03. The number of urea groups is 1. The van der Waals surface area contributed by atoms with Crippen LogP contribution in [0.25, 0.3) is 0 Å². The van der Waals surface area contributed by atoms with Gasteiger partial charge in [-0.3, -0.25) is 0 Å². The number of ether oxygens (including phenoxy) is 2. The number of aliphatic carboxylic acids is 1. The molecular formula is C12H20N2O5. The van der Waals surface area contributed by atoms with E-state index in [1.807, 2.05) is 13.8 Å². The van der Waals surface area contributed by atoms with E-state index in [0.717, 1.165) is 0 Å². The van der Waals surface area contributed by atoms with Crippen LogP contribution >= 0.6 is 0 Å². The first-order valence-corrected chi connectivity index (χ1v) is 6.51. The lowest BCUT2D eigenvalue weighted by Gasteiger charge is -2.40. The first kappa shape index (κ1) is 14.1. The molecule has 108 valence electrons. The highest BCUT2D eigenvalue weighted by Gasteiger charge is 2.33. The number of nitrogens with zero attached hydrogens (tertiary/aromatic N) is 2. The van der Waals surface area contributed by atoms with Gasteiger partial charge in [0.1, 0.15) is 0 Å². The van der Waals surface area contributed by atoms with Crippen LogP contribution in [0.15, 0.2) is 0 Å². The van der Waals surface area contributed by atoms with Gasteiger partial charge >= 0.3 is 12.0 Å². The Morgan fingerprint density at radius 3 is 2.32 bits per heavy atom. The van der Waals surface area contributed by atoms with Gasteiger partial charge in [-0.1, -0.05) is 0 Å². The Morgan fingerprint density at radius 2 is 1.74 bits per heavy atom. The Labute approximate surface area is 112 Å². The first-order valence-electron chi connectivity index (χ1n) is 6.51. The molecule has 0 aromatic carbocycles. The number of amides is 2. The third kappa shape index (κ3) is 3.36. The van der Waals surface area contributed by atoms with Crippen LogP contribution in [0.5, 0.6) is 0 Å². The third-order valence-electron chi connectivity index (χ3n) is 3.30. The molecule has 2 rings (SSSR count). The number of rotatable bonds is 1. The maximum Gasteiger partial charge on any atom is 0.334 e. The molecule has 2 heterocycles. The van der Waals surface area contributed by atoms with Crippen LogP contribution < -0.4 is 0 Å². The molecule has 1 N–H and O–H groups in total. The van der Waals surface area contributed by atoms with Gasteiger partial charge < -0.3 is 24.4 Å². The fourth-order valence-electron chi connectivity index (χ4n) is 2.51. The first-order chi connectivity index (χ1) is 8.97. The Morgan fingerprint density at radius 1 is 1.11 bits per heavy atom. The molecule has 7 heteroatoms. The Hall–Kier alpha value is -1.34. The zero-order chi connectivity index (χ0) is 14.0. The van der Waals surface area contributed by atoms with Gasteiger partial charge in [-0.15, -0.1) is 0 Å². The van der Waals surface area contributed by atoms with Gasteiger partial charge in [0, 0.05) is 19.6 Å². The van der Waals surface area contributed by atoms with E-state index in [4.69, 9.17) is 14.6 Å². The second kappa shape index (κ2) is 5.75. The van der Waals surface area contributed by atoms with Crippen molar-refractivity contribution in [3.05, 3.63) is 0 Å². The number of carbonyl (C=O) groups is 2. The Bertz CT molecular complexity index is 352. The average molecular weight is 272 g/mol. The number of hydrogen-bond acceptors (Lipinski definition) is 4. The summed E-state index contributed by atoms with van der Waals surface area (Å²) in [6.07, 6.45) is -0.915. The summed E-state index contributed by atoms with van der Waals surface area (Å²) in [7, 11) is 0. The summed E-state index contributed by atoms with van der Waals surface area (Å²) in [5, 5.41) is 8.94.